The van der Waals surface area contributed by atoms with Gasteiger partial charge in [-0.25, -0.2) is 23.5 Å². The Morgan fingerprint density at radius 1 is 0.875 bits per heavy atom. The first kappa shape index (κ1) is 41.1. The summed E-state index contributed by atoms with van der Waals surface area (Å²) in [6.07, 6.45) is -3.33. The van der Waals surface area contributed by atoms with E-state index < -0.39 is 107 Å². The topological polar surface area (TPSA) is 365 Å². The fourth-order valence-electron chi connectivity index (χ4n) is 6.21. The Morgan fingerprint density at radius 3 is 2.12 bits per heavy atom. The number of nitrogen functional groups attached to an aromatic ring is 2. The van der Waals surface area contributed by atoms with Crippen molar-refractivity contribution in [2.75, 3.05) is 31.3 Å². The lowest BCUT2D eigenvalue weighted by atomic mass is 10.1. The Hall–Kier alpha value is -4.55. The average Bonchev–Trinajstić information content (AvgIpc) is 3.86. The SMILES string of the molecule is Cc1cn(C2CC(N=[N+]=[N-])C(COP(=O)(O)OC3CC(n4ccc(N)nc4=O)OC3COP(=O)(O)OCC3CCC(n4ccc(N)nc4=O)O3)O2)c(=O)[nH]c1=O. The van der Waals surface area contributed by atoms with E-state index in [0.29, 0.717) is 12.8 Å². The molecule has 3 aromatic heterocycles. The summed E-state index contributed by atoms with van der Waals surface area (Å²) >= 11 is 0. The molecule has 28 heteroatoms. The molecule has 10 atom stereocenters. The molecule has 26 nitrogen and oxygen atoms in total. The van der Waals surface area contributed by atoms with Gasteiger partial charge in [0, 0.05) is 41.9 Å². The fourth-order valence-corrected chi connectivity index (χ4v) is 7.94. The van der Waals surface area contributed by atoms with E-state index in [0.717, 1.165) is 9.13 Å². The molecule has 0 amide bonds. The minimum Gasteiger partial charge on any atom is -0.383 e. The van der Waals surface area contributed by atoms with Crippen LogP contribution in [0.25, 0.3) is 10.4 Å². The summed E-state index contributed by atoms with van der Waals surface area (Å²) in [7, 11) is -9.91. The predicted molar refractivity (Wildman–Crippen MR) is 187 cm³/mol. The molecule has 0 aromatic carbocycles. The molecule has 0 aliphatic carbocycles. The maximum atomic E-state index is 13.3. The van der Waals surface area contributed by atoms with Gasteiger partial charge in [-0.2, -0.15) is 9.97 Å². The van der Waals surface area contributed by atoms with Crippen molar-refractivity contribution < 1.29 is 51.2 Å². The van der Waals surface area contributed by atoms with Crippen LogP contribution in [0.2, 0.25) is 0 Å². The summed E-state index contributed by atoms with van der Waals surface area (Å²) in [5, 5.41) is 3.64. The van der Waals surface area contributed by atoms with E-state index in [1.165, 1.54) is 42.2 Å². The number of H-pyrrole nitrogens is 1. The highest BCUT2D eigenvalue weighted by atomic mass is 31.2. The molecule has 3 aliphatic rings. The normalized spacial score (nSPS) is 28.4. The Kier molecular flexibility index (Phi) is 12.4. The number of hydrogen-bond acceptors (Lipinski definition) is 18. The molecule has 0 bridgehead atoms. The number of ether oxygens (including phenoxy) is 3. The molecule has 304 valence electrons. The maximum absolute atomic E-state index is 13.3. The molecule has 3 fully saturated rings. The number of hydrogen-bond donors (Lipinski definition) is 5. The van der Waals surface area contributed by atoms with Crippen LogP contribution in [-0.2, 0) is 41.4 Å². The van der Waals surface area contributed by atoms with E-state index in [2.05, 4.69) is 25.0 Å². The molecule has 3 aromatic rings. The van der Waals surface area contributed by atoms with Crippen molar-refractivity contribution in [2.24, 2.45) is 5.11 Å². The molecule has 7 N–H and O–H groups in total. The van der Waals surface area contributed by atoms with E-state index in [1.54, 1.807) is 0 Å². The zero-order valence-corrected chi connectivity index (χ0v) is 31.1. The summed E-state index contributed by atoms with van der Waals surface area (Å²) < 4.78 is 67.8. The lowest BCUT2D eigenvalue weighted by molar-refractivity contribution is -0.0549. The lowest BCUT2D eigenvalue weighted by Crippen LogP contribution is -2.33. The Morgan fingerprint density at radius 2 is 1.46 bits per heavy atom. The number of aromatic amines is 1. The summed E-state index contributed by atoms with van der Waals surface area (Å²) in [4.78, 5) is 82.4. The van der Waals surface area contributed by atoms with Gasteiger partial charge < -0.3 is 35.5 Å². The predicted octanol–water partition coefficient (Wildman–Crippen LogP) is 0.0905. The number of phosphoric ester groups is 2. The molecule has 3 saturated heterocycles. The first-order valence-electron chi connectivity index (χ1n) is 16.8. The van der Waals surface area contributed by atoms with Crippen LogP contribution in [-0.4, -0.2) is 88.7 Å². The van der Waals surface area contributed by atoms with Gasteiger partial charge in [0.2, 0.25) is 0 Å². The minimum atomic E-state index is -5.06. The quantitative estimate of drug-likeness (QED) is 0.0586. The number of nitrogens with zero attached hydrogens (tertiary/aromatic N) is 8. The van der Waals surface area contributed by atoms with Gasteiger partial charge in [0.1, 0.15) is 42.5 Å². The van der Waals surface area contributed by atoms with Gasteiger partial charge in [-0.15, -0.1) is 0 Å². The molecule has 0 radical (unpaired) electrons. The average molecular weight is 830 g/mol. The molecular formula is C28H37N11O15P2. The zero-order chi connectivity index (χ0) is 40.4. The van der Waals surface area contributed by atoms with Crippen LogP contribution in [0.4, 0.5) is 11.6 Å². The fraction of sp³-hybridized carbons (Fsp3) is 0.571. The summed E-state index contributed by atoms with van der Waals surface area (Å²) in [6, 6.07) is 1.74. The summed E-state index contributed by atoms with van der Waals surface area (Å²) in [6.45, 7) is -0.395. The van der Waals surface area contributed by atoms with Crippen molar-refractivity contribution in [3.8, 4) is 0 Å². The van der Waals surface area contributed by atoms with Crippen molar-refractivity contribution in [3.05, 3.63) is 88.5 Å². The van der Waals surface area contributed by atoms with Gasteiger partial charge >= 0.3 is 32.7 Å². The van der Waals surface area contributed by atoms with Crippen LogP contribution < -0.4 is 34.1 Å². The van der Waals surface area contributed by atoms with Gasteiger partial charge in [-0.3, -0.25) is 41.6 Å². The van der Waals surface area contributed by atoms with E-state index in [-0.39, 0.29) is 30.0 Å². The summed E-state index contributed by atoms with van der Waals surface area (Å²) in [5.74, 6) is -0.0547. The largest absolute Gasteiger partial charge is 0.472 e. The number of aromatic nitrogens is 6. The van der Waals surface area contributed by atoms with Crippen molar-refractivity contribution in [3.63, 3.8) is 0 Å². The Labute approximate surface area is 313 Å². The third-order valence-corrected chi connectivity index (χ3v) is 10.9. The van der Waals surface area contributed by atoms with Crippen LogP contribution in [0.3, 0.4) is 0 Å². The second kappa shape index (κ2) is 16.9. The first-order chi connectivity index (χ1) is 26.5. The number of nitrogens with two attached hydrogens (primary N) is 2. The van der Waals surface area contributed by atoms with E-state index in [4.69, 9.17) is 49.3 Å². The van der Waals surface area contributed by atoms with Gasteiger partial charge in [-0.05, 0) is 37.4 Å². The van der Waals surface area contributed by atoms with Crippen molar-refractivity contribution in [2.45, 2.75) is 81.7 Å². The standard InChI is InChI=1S/C28H37N11O15P2/c1-14-10-39(28(43)34-25(14)40)23-8-16(35-36-31)18(52-23)12-50-56(46,47)54-17-9-24(38-7-5-21(30)33-27(38)42)53-19(17)13-49-55(44,45)48-11-15-2-3-22(51-15)37-6-4-20(29)32-26(37)41/h4-7,10,15-19,22-24H,2-3,8-9,11-13H2,1H3,(H,44,45)(H,46,47)(H2,29,32,41)(H2,30,33,42)(H,34,40,43). The smallest absolute Gasteiger partial charge is 0.383 e. The third kappa shape index (κ3) is 9.87. The highest BCUT2D eigenvalue weighted by Gasteiger charge is 2.45. The minimum absolute atomic E-state index is 0.0339. The number of phosphoric acid groups is 2. The van der Waals surface area contributed by atoms with E-state index >= 15 is 0 Å². The van der Waals surface area contributed by atoms with Gasteiger partial charge in [0.25, 0.3) is 5.56 Å². The number of nitrogens with one attached hydrogen (secondary N) is 1. The van der Waals surface area contributed by atoms with Gasteiger partial charge in [-0.1, -0.05) is 5.11 Å². The molecule has 6 rings (SSSR count). The van der Waals surface area contributed by atoms with Gasteiger partial charge in [0.05, 0.1) is 38.1 Å². The molecular weight excluding hydrogens is 792 g/mol. The van der Waals surface area contributed by atoms with E-state index in [9.17, 15) is 38.1 Å². The number of anilines is 2. The third-order valence-electron chi connectivity index (χ3n) is 8.95. The van der Waals surface area contributed by atoms with Crippen LogP contribution in [0.15, 0.2) is 55.0 Å². The maximum Gasteiger partial charge on any atom is 0.472 e. The molecule has 10 unspecified atom stereocenters. The van der Waals surface area contributed by atoms with Crippen molar-refractivity contribution in [1.29, 1.82) is 0 Å². The second-order valence-electron chi connectivity index (χ2n) is 12.8. The molecule has 56 heavy (non-hydrogen) atoms. The highest BCUT2D eigenvalue weighted by molar-refractivity contribution is 7.47. The van der Waals surface area contributed by atoms with Crippen molar-refractivity contribution >= 4 is 27.3 Å². The van der Waals surface area contributed by atoms with Crippen LogP contribution in [0.1, 0.15) is 49.9 Å². The monoisotopic (exact) mass is 829 g/mol. The molecule has 0 spiro atoms. The molecule has 0 saturated carbocycles. The molecule has 3 aliphatic heterocycles. The first-order valence-corrected chi connectivity index (χ1v) is 19.8. The molecule has 6 heterocycles. The Balaban J connectivity index is 1.09. The number of rotatable bonds is 15. The Bertz CT molecular complexity index is 2310. The van der Waals surface area contributed by atoms with Crippen LogP contribution in [0.5, 0.6) is 0 Å². The second-order valence-corrected chi connectivity index (χ2v) is 15.7. The van der Waals surface area contributed by atoms with Crippen LogP contribution >= 0.6 is 15.6 Å². The van der Waals surface area contributed by atoms with Gasteiger partial charge in [0.15, 0.2) is 0 Å². The number of azide groups is 1. The highest BCUT2D eigenvalue weighted by Crippen LogP contribution is 2.50. The number of aryl methyl sites for hydroxylation is 1. The zero-order valence-electron chi connectivity index (χ0n) is 29.3. The van der Waals surface area contributed by atoms with Crippen LogP contribution in [0, 0.1) is 6.92 Å². The summed E-state index contributed by atoms with van der Waals surface area (Å²) in [5.41, 5.74) is 17.5. The van der Waals surface area contributed by atoms with Crippen molar-refractivity contribution in [1.82, 2.24) is 28.7 Å². The lowest BCUT2D eigenvalue weighted by Gasteiger charge is -2.23. The van der Waals surface area contributed by atoms with E-state index in [1.807, 2.05) is 0 Å².